The molecule has 0 atom stereocenters. The summed E-state index contributed by atoms with van der Waals surface area (Å²) in [6.45, 7) is 8.51. The van der Waals surface area contributed by atoms with E-state index in [1.807, 2.05) is 11.8 Å². The summed E-state index contributed by atoms with van der Waals surface area (Å²) in [6.07, 6.45) is 0. The van der Waals surface area contributed by atoms with Crippen molar-refractivity contribution in [1.82, 2.24) is 20.0 Å². The number of carbonyl (C=O) groups is 1. The molecule has 1 fully saturated rings. The fourth-order valence-electron chi connectivity index (χ4n) is 1.78. The number of carbonyl (C=O) groups excluding carboxylic acids is 1. The van der Waals surface area contributed by atoms with E-state index in [1.54, 1.807) is 0 Å². The molecule has 0 spiro atoms. The van der Waals surface area contributed by atoms with Crippen molar-refractivity contribution in [3.63, 3.8) is 0 Å². The van der Waals surface area contributed by atoms with E-state index in [0.717, 1.165) is 39.3 Å². The topological polar surface area (TPSA) is 38.8 Å². The number of urea groups is 1. The molecule has 0 aromatic heterocycles. The molecule has 1 heterocycles. The van der Waals surface area contributed by atoms with Crippen molar-refractivity contribution in [2.45, 2.75) is 6.92 Å². The summed E-state index contributed by atoms with van der Waals surface area (Å²) < 4.78 is 0. The first-order valence-corrected chi connectivity index (χ1v) is 6.03. The lowest BCUT2D eigenvalue weighted by Gasteiger charge is -2.35. The standard InChI is InChI=1S/C11H24N4O/c1-4-12-11(16)15-9-7-14(8-10-15)6-5-13(2)3/h4-10H2,1-3H3,(H,12,16). The molecule has 0 saturated carbocycles. The van der Waals surface area contributed by atoms with Crippen molar-refractivity contribution in [1.29, 1.82) is 0 Å². The Morgan fingerprint density at radius 1 is 1.25 bits per heavy atom. The SMILES string of the molecule is CCNC(=O)N1CCN(CCN(C)C)CC1. The Kier molecular flexibility index (Phi) is 5.55. The third-order valence-corrected chi connectivity index (χ3v) is 2.85. The molecule has 0 aromatic carbocycles. The number of piperazine rings is 1. The summed E-state index contributed by atoms with van der Waals surface area (Å²) in [5.41, 5.74) is 0. The van der Waals surface area contributed by atoms with Gasteiger partial charge < -0.3 is 15.1 Å². The Morgan fingerprint density at radius 3 is 2.38 bits per heavy atom. The first kappa shape index (κ1) is 13.3. The van der Waals surface area contributed by atoms with Crippen LogP contribution in [-0.2, 0) is 0 Å². The van der Waals surface area contributed by atoms with E-state index in [9.17, 15) is 4.79 Å². The number of amides is 2. The quantitative estimate of drug-likeness (QED) is 0.730. The van der Waals surface area contributed by atoms with Gasteiger partial charge in [0.2, 0.25) is 0 Å². The highest BCUT2D eigenvalue weighted by atomic mass is 16.2. The lowest BCUT2D eigenvalue weighted by molar-refractivity contribution is 0.134. The second kappa shape index (κ2) is 6.70. The minimum atomic E-state index is 0.0785. The highest BCUT2D eigenvalue weighted by Gasteiger charge is 2.19. The van der Waals surface area contributed by atoms with E-state index in [-0.39, 0.29) is 6.03 Å². The van der Waals surface area contributed by atoms with Crippen LogP contribution >= 0.6 is 0 Å². The van der Waals surface area contributed by atoms with E-state index in [4.69, 9.17) is 0 Å². The summed E-state index contributed by atoms with van der Waals surface area (Å²) >= 11 is 0. The molecule has 1 rings (SSSR count). The molecule has 0 radical (unpaired) electrons. The van der Waals surface area contributed by atoms with Crippen LogP contribution in [0.3, 0.4) is 0 Å². The summed E-state index contributed by atoms with van der Waals surface area (Å²) in [6, 6.07) is 0.0785. The number of hydrogen-bond acceptors (Lipinski definition) is 3. The minimum Gasteiger partial charge on any atom is -0.338 e. The maximum Gasteiger partial charge on any atom is 0.317 e. The van der Waals surface area contributed by atoms with Crippen LogP contribution in [0.15, 0.2) is 0 Å². The van der Waals surface area contributed by atoms with Crippen LogP contribution in [0, 0.1) is 0 Å². The first-order chi connectivity index (χ1) is 7.63. The molecule has 16 heavy (non-hydrogen) atoms. The molecule has 2 amide bonds. The van der Waals surface area contributed by atoms with E-state index in [1.165, 1.54) is 0 Å². The lowest BCUT2D eigenvalue weighted by atomic mass is 10.3. The zero-order valence-electron chi connectivity index (χ0n) is 10.7. The lowest BCUT2D eigenvalue weighted by Crippen LogP contribution is -2.52. The highest BCUT2D eigenvalue weighted by molar-refractivity contribution is 5.74. The first-order valence-electron chi connectivity index (χ1n) is 6.03. The second-order valence-corrected chi connectivity index (χ2v) is 4.47. The zero-order chi connectivity index (χ0) is 12.0. The van der Waals surface area contributed by atoms with Gasteiger partial charge >= 0.3 is 6.03 Å². The number of likely N-dealkylation sites (N-methyl/N-ethyl adjacent to an activating group) is 1. The molecule has 5 heteroatoms. The smallest absolute Gasteiger partial charge is 0.317 e. The van der Waals surface area contributed by atoms with Crippen molar-refractivity contribution in [3.8, 4) is 0 Å². The zero-order valence-corrected chi connectivity index (χ0v) is 10.7. The Balaban J connectivity index is 2.20. The second-order valence-electron chi connectivity index (χ2n) is 4.47. The number of rotatable bonds is 4. The van der Waals surface area contributed by atoms with Gasteiger partial charge in [0.05, 0.1) is 0 Å². The average molecular weight is 228 g/mol. The van der Waals surface area contributed by atoms with Gasteiger partial charge in [0.25, 0.3) is 0 Å². The van der Waals surface area contributed by atoms with Crippen LogP contribution in [0.4, 0.5) is 4.79 Å². The summed E-state index contributed by atoms with van der Waals surface area (Å²) in [5, 5.41) is 2.84. The maximum absolute atomic E-state index is 11.6. The fraction of sp³-hybridized carbons (Fsp3) is 0.909. The summed E-state index contributed by atoms with van der Waals surface area (Å²) in [4.78, 5) is 18.1. The molecule has 1 N–H and O–H groups in total. The van der Waals surface area contributed by atoms with Crippen LogP contribution < -0.4 is 5.32 Å². The summed E-state index contributed by atoms with van der Waals surface area (Å²) in [7, 11) is 4.18. The van der Waals surface area contributed by atoms with Crippen molar-refractivity contribution in [3.05, 3.63) is 0 Å². The molecule has 1 aliphatic rings. The predicted octanol–water partition coefficient (Wildman–Crippen LogP) is -0.105. The van der Waals surface area contributed by atoms with Crippen molar-refractivity contribution in [2.24, 2.45) is 0 Å². The van der Waals surface area contributed by atoms with Crippen LogP contribution in [0.1, 0.15) is 6.92 Å². The Hall–Kier alpha value is -0.810. The van der Waals surface area contributed by atoms with Crippen LogP contribution in [0.2, 0.25) is 0 Å². The van der Waals surface area contributed by atoms with Gasteiger partial charge in [0, 0.05) is 45.8 Å². The van der Waals surface area contributed by atoms with E-state index in [0.29, 0.717) is 6.54 Å². The van der Waals surface area contributed by atoms with Crippen molar-refractivity contribution < 1.29 is 4.79 Å². The predicted molar refractivity (Wildman–Crippen MR) is 65.6 cm³/mol. The minimum absolute atomic E-state index is 0.0785. The maximum atomic E-state index is 11.6. The molecular formula is C11H24N4O. The molecule has 0 bridgehead atoms. The normalized spacial score (nSPS) is 17.9. The molecule has 5 nitrogen and oxygen atoms in total. The number of hydrogen-bond donors (Lipinski definition) is 1. The van der Waals surface area contributed by atoms with Gasteiger partial charge in [-0.05, 0) is 21.0 Å². The highest BCUT2D eigenvalue weighted by Crippen LogP contribution is 2.01. The molecule has 0 aromatic rings. The van der Waals surface area contributed by atoms with Gasteiger partial charge in [0.1, 0.15) is 0 Å². The fourth-order valence-corrected chi connectivity index (χ4v) is 1.78. The summed E-state index contributed by atoms with van der Waals surface area (Å²) in [5.74, 6) is 0. The average Bonchev–Trinajstić information content (AvgIpc) is 2.27. The Morgan fingerprint density at radius 2 is 1.88 bits per heavy atom. The van der Waals surface area contributed by atoms with Crippen molar-refractivity contribution in [2.75, 3.05) is 59.9 Å². The van der Waals surface area contributed by atoms with E-state index in [2.05, 4.69) is 29.2 Å². The Labute approximate surface area is 98.4 Å². The largest absolute Gasteiger partial charge is 0.338 e. The van der Waals surface area contributed by atoms with E-state index < -0.39 is 0 Å². The Bertz CT molecular complexity index is 212. The van der Waals surface area contributed by atoms with Crippen LogP contribution in [0.25, 0.3) is 0 Å². The van der Waals surface area contributed by atoms with Gasteiger partial charge in [-0.3, -0.25) is 4.90 Å². The molecule has 0 unspecified atom stereocenters. The van der Waals surface area contributed by atoms with Gasteiger partial charge in [-0.1, -0.05) is 0 Å². The van der Waals surface area contributed by atoms with Gasteiger partial charge in [0.15, 0.2) is 0 Å². The molecule has 94 valence electrons. The molecular weight excluding hydrogens is 204 g/mol. The molecule has 1 aliphatic heterocycles. The van der Waals surface area contributed by atoms with Crippen molar-refractivity contribution >= 4 is 6.03 Å². The van der Waals surface area contributed by atoms with Crippen LogP contribution in [-0.4, -0.2) is 80.6 Å². The van der Waals surface area contributed by atoms with Gasteiger partial charge in [-0.25, -0.2) is 4.79 Å². The molecule has 0 aliphatic carbocycles. The van der Waals surface area contributed by atoms with E-state index >= 15 is 0 Å². The third kappa shape index (κ3) is 4.37. The number of nitrogens with zero attached hydrogens (tertiary/aromatic N) is 3. The van der Waals surface area contributed by atoms with Crippen LogP contribution in [0.5, 0.6) is 0 Å². The van der Waals surface area contributed by atoms with Gasteiger partial charge in [-0.2, -0.15) is 0 Å². The van der Waals surface area contributed by atoms with Gasteiger partial charge in [-0.15, -0.1) is 0 Å². The third-order valence-electron chi connectivity index (χ3n) is 2.85. The molecule has 1 saturated heterocycles. The monoisotopic (exact) mass is 228 g/mol. The number of nitrogens with one attached hydrogen (secondary N) is 1.